The van der Waals surface area contributed by atoms with Gasteiger partial charge in [0.1, 0.15) is 0 Å². The standard InChI is InChI=1S/C18H19N/c1-14-12-17-13-16(10-11-18(17)19-14)9-5-8-15-6-3-2-4-7-15/h2-8,10-11,13-14,19H,9,12H2,1H3/b8-5+. The summed E-state index contributed by atoms with van der Waals surface area (Å²) in [6.45, 7) is 2.23. The third kappa shape index (κ3) is 2.87. The van der Waals surface area contributed by atoms with Crippen LogP contribution in [0.5, 0.6) is 0 Å². The zero-order chi connectivity index (χ0) is 13.1. The van der Waals surface area contributed by atoms with Crippen LogP contribution in [0.15, 0.2) is 54.6 Å². The van der Waals surface area contributed by atoms with E-state index < -0.39 is 0 Å². The summed E-state index contributed by atoms with van der Waals surface area (Å²) in [4.78, 5) is 0. The molecular weight excluding hydrogens is 230 g/mol. The Hall–Kier alpha value is -2.02. The highest BCUT2D eigenvalue weighted by atomic mass is 14.9. The Labute approximate surface area is 115 Å². The van der Waals surface area contributed by atoms with Gasteiger partial charge in [0.2, 0.25) is 0 Å². The second-order valence-electron chi connectivity index (χ2n) is 5.26. The quantitative estimate of drug-likeness (QED) is 0.855. The van der Waals surface area contributed by atoms with Crippen molar-refractivity contribution in [2.75, 3.05) is 5.32 Å². The van der Waals surface area contributed by atoms with E-state index in [0.717, 1.165) is 12.8 Å². The number of anilines is 1. The molecule has 96 valence electrons. The molecule has 1 atom stereocenters. The van der Waals surface area contributed by atoms with E-state index in [2.05, 4.69) is 66.9 Å². The van der Waals surface area contributed by atoms with E-state index in [9.17, 15) is 0 Å². The number of hydrogen-bond donors (Lipinski definition) is 1. The van der Waals surface area contributed by atoms with Gasteiger partial charge < -0.3 is 5.32 Å². The molecular formula is C18H19N. The molecule has 0 fully saturated rings. The lowest BCUT2D eigenvalue weighted by atomic mass is 10.0. The minimum atomic E-state index is 0.574. The Morgan fingerprint density at radius 2 is 2.00 bits per heavy atom. The van der Waals surface area contributed by atoms with Crippen molar-refractivity contribution >= 4 is 11.8 Å². The molecule has 2 aromatic carbocycles. The van der Waals surface area contributed by atoms with Crippen LogP contribution < -0.4 is 5.32 Å². The van der Waals surface area contributed by atoms with Gasteiger partial charge >= 0.3 is 0 Å². The highest BCUT2D eigenvalue weighted by molar-refractivity contribution is 5.58. The second kappa shape index (κ2) is 5.31. The van der Waals surface area contributed by atoms with E-state index in [-0.39, 0.29) is 0 Å². The van der Waals surface area contributed by atoms with E-state index in [1.807, 2.05) is 6.07 Å². The number of nitrogens with one attached hydrogen (secondary N) is 1. The largest absolute Gasteiger partial charge is 0.382 e. The SMILES string of the molecule is CC1Cc2cc(C/C=C/c3ccccc3)ccc2N1. The summed E-state index contributed by atoms with van der Waals surface area (Å²) in [6, 6.07) is 17.8. The van der Waals surface area contributed by atoms with Crippen LogP contribution in [-0.2, 0) is 12.8 Å². The monoisotopic (exact) mass is 249 g/mol. The van der Waals surface area contributed by atoms with Crippen LogP contribution in [0.25, 0.3) is 6.08 Å². The summed E-state index contributed by atoms with van der Waals surface area (Å²) in [5.74, 6) is 0. The lowest BCUT2D eigenvalue weighted by Crippen LogP contribution is -2.08. The van der Waals surface area contributed by atoms with Crippen molar-refractivity contribution in [3.8, 4) is 0 Å². The molecule has 0 radical (unpaired) electrons. The van der Waals surface area contributed by atoms with Crippen LogP contribution in [0.1, 0.15) is 23.6 Å². The summed E-state index contributed by atoms with van der Waals surface area (Å²) >= 11 is 0. The average Bonchev–Trinajstić information content (AvgIpc) is 2.79. The molecule has 0 bridgehead atoms. The van der Waals surface area contributed by atoms with E-state index in [1.54, 1.807) is 0 Å². The highest BCUT2D eigenvalue weighted by Crippen LogP contribution is 2.26. The zero-order valence-electron chi connectivity index (χ0n) is 11.3. The first kappa shape index (κ1) is 12.0. The molecule has 19 heavy (non-hydrogen) atoms. The highest BCUT2D eigenvalue weighted by Gasteiger charge is 2.15. The molecule has 1 aliphatic heterocycles. The molecule has 2 aromatic rings. The van der Waals surface area contributed by atoms with E-state index >= 15 is 0 Å². The Bertz CT molecular complexity index is 584. The third-order valence-corrected chi connectivity index (χ3v) is 3.56. The molecule has 1 unspecified atom stereocenters. The fourth-order valence-corrected chi connectivity index (χ4v) is 2.63. The minimum Gasteiger partial charge on any atom is -0.382 e. The number of fused-ring (bicyclic) bond motifs is 1. The molecule has 0 aliphatic carbocycles. The summed E-state index contributed by atoms with van der Waals surface area (Å²) in [6.07, 6.45) is 6.57. The van der Waals surface area contributed by atoms with E-state index in [0.29, 0.717) is 6.04 Å². The Morgan fingerprint density at radius 1 is 1.16 bits per heavy atom. The summed E-state index contributed by atoms with van der Waals surface area (Å²) in [5.41, 5.74) is 5.42. The predicted molar refractivity (Wildman–Crippen MR) is 82.4 cm³/mol. The van der Waals surface area contributed by atoms with Crippen LogP contribution in [-0.4, -0.2) is 6.04 Å². The van der Waals surface area contributed by atoms with Crippen molar-refractivity contribution in [3.63, 3.8) is 0 Å². The van der Waals surface area contributed by atoms with Crippen molar-refractivity contribution in [2.24, 2.45) is 0 Å². The molecule has 0 aromatic heterocycles. The molecule has 3 rings (SSSR count). The maximum atomic E-state index is 3.49. The van der Waals surface area contributed by atoms with Gasteiger partial charge in [-0.25, -0.2) is 0 Å². The van der Waals surface area contributed by atoms with E-state index in [4.69, 9.17) is 0 Å². The number of hydrogen-bond acceptors (Lipinski definition) is 1. The van der Waals surface area contributed by atoms with Gasteiger partial charge in [-0.15, -0.1) is 0 Å². The molecule has 0 spiro atoms. The first-order valence-corrected chi connectivity index (χ1v) is 6.91. The number of benzene rings is 2. The van der Waals surface area contributed by atoms with Crippen LogP contribution in [0, 0.1) is 0 Å². The van der Waals surface area contributed by atoms with Crippen LogP contribution in [0.3, 0.4) is 0 Å². The van der Waals surface area contributed by atoms with E-state index in [1.165, 1.54) is 22.4 Å². The van der Waals surface area contributed by atoms with Crippen molar-refractivity contribution in [1.82, 2.24) is 0 Å². The van der Waals surface area contributed by atoms with Gasteiger partial charge in [-0.1, -0.05) is 54.6 Å². The molecule has 1 heteroatoms. The predicted octanol–water partition coefficient (Wildman–Crippen LogP) is 4.30. The van der Waals surface area contributed by atoms with Gasteiger partial charge in [-0.3, -0.25) is 0 Å². The first-order chi connectivity index (χ1) is 9.31. The smallest absolute Gasteiger partial charge is 0.0375 e. The topological polar surface area (TPSA) is 12.0 Å². The average molecular weight is 249 g/mol. The molecule has 0 saturated carbocycles. The van der Waals surface area contributed by atoms with Gasteiger partial charge in [-0.05, 0) is 42.5 Å². The van der Waals surface area contributed by atoms with Crippen LogP contribution in [0.2, 0.25) is 0 Å². The zero-order valence-corrected chi connectivity index (χ0v) is 11.3. The van der Waals surface area contributed by atoms with Crippen molar-refractivity contribution < 1.29 is 0 Å². The normalized spacial score (nSPS) is 17.4. The Balaban J connectivity index is 1.68. The summed E-state index contributed by atoms with van der Waals surface area (Å²) in [5, 5.41) is 3.49. The van der Waals surface area contributed by atoms with Crippen LogP contribution in [0.4, 0.5) is 5.69 Å². The molecule has 0 amide bonds. The summed E-state index contributed by atoms with van der Waals surface area (Å²) < 4.78 is 0. The molecule has 1 nitrogen and oxygen atoms in total. The molecule has 1 N–H and O–H groups in total. The van der Waals surface area contributed by atoms with Crippen molar-refractivity contribution in [3.05, 3.63) is 71.3 Å². The van der Waals surface area contributed by atoms with Gasteiger partial charge in [0.15, 0.2) is 0 Å². The van der Waals surface area contributed by atoms with Gasteiger partial charge in [-0.2, -0.15) is 0 Å². The fourth-order valence-electron chi connectivity index (χ4n) is 2.63. The van der Waals surface area contributed by atoms with Gasteiger partial charge in [0.25, 0.3) is 0 Å². The van der Waals surface area contributed by atoms with Gasteiger partial charge in [0.05, 0.1) is 0 Å². The maximum Gasteiger partial charge on any atom is 0.0375 e. The third-order valence-electron chi connectivity index (χ3n) is 3.56. The molecule has 1 heterocycles. The van der Waals surface area contributed by atoms with Crippen LogP contribution >= 0.6 is 0 Å². The lowest BCUT2D eigenvalue weighted by molar-refractivity contribution is 0.839. The minimum absolute atomic E-state index is 0.574. The Morgan fingerprint density at radius 3 is 2.84 bits per heavy atom. The maximum absolute atomic E-state index is 3.49. The fraction of sp³-hybridized carbons (Fsp3) is 0.222. The number of allylic oxidation sites excluding steroid dienone is 1. The second-order valence-corrected chi connectivity index (χ2v) is 5.26. The molecule has 0 saturated heterocycles. The van der Waals surface area contributed by atoms with Crippen molar-refractivity contribution in [2.45, 2.75) is 25.8 Å². The Kier molecular flexibility index (Phi) is 3.37. The van der Waals surface area contributed by atoms with Gasteiger partial charge in [0, 0.05) is 11.7 Å². The lowest BCUT2D eigenvalue weighted by Gasteiger charge is -2.03. The summed E-state index contributed by atoms with van der Waals surface area (Å²) in [7, 11) is 0. The molecule has 1 aliphatic rings. The van der Waals surface area contributed by atoms with Crippen molar-refractivity contribution in [1.29, 1.82) is 0 Å². The first-order valence-electron chi connectivity index (χ1n) is 6.91. The number of rotatable bonds is 3.